The molecule has 0 aliphatic carbocycles. The fraction of sp³-hybridized carbons (Fsp3) is 0.458. The van der Waals surface area contributed by atoms with Gasteiger partial charge in [-0.3, -0.25) is 10.2 Å². The molecule has 0 saturated carbocycles. The van der Waals surface area contributed by atoms with Crippen LogP contribution in [0.15, 0.2) is 54.6 Å². The van der Waals surface area contributed by atoms with Crippen molar-refractivity contribution in [2.24, 2.45) is 0 Å². The Kier molecular flexibility index (Phi) is 6.60. The van der Waals surface area contributed by atoms with Crippen LogP contribution in [0.5, 0.6) is 0 Å². The fourth-order valence-corrected chi connectivity index (χ4v) is 3.92. The number of benzene rings is 2. The number of nitrogens with one attached hydrogen (secondary N) is 1. The van der Waals surface area contributed by atoms with E-state index in [1.54, 1.807) is 0 Å². The van der Waals surface area contributed by atoms with Crippen LogP contribution in [0.1, 0.15) is 37.8 Å². The molecule has 2 atom stereocenters. The van der Waals surface area contributed by atoms with Crippen LogP contribution in [0, 0.1) is 0 Å². The second kappa shape index (κ2) is 8.97. The largest absolute Gasteiger partial charge is 0.444 e. The Labute approximate surface area is 174 Å². The highest BCUT2D eigenvalue weighted by atomic mass is 16.6. The summed E-state index contributed by atoms with van der Waals surface area (Å²) in [5.74, 6) is 0.435. The number of carbonyl (C=O) groups is 1. The number of nitrogens with zero attached hydrogens (tertiary/aromatic N) is 2. The summed E-state index contributed by atoms with van der Waals surface area (Å²) in [5, 5.41) is 2.81. The topological polar surface area (TPSA) is 44.8 Å². The number of ether oxygens (including phenoxy) is 1. The molecule has 0 spiro atoms. The van der Waals surface area contributed by atoms with Gasteiger partial charge in [0.2, 0.25) is 0 Å². The molecular formula is C24H33N3O2. The highest BCUT2D eigenvalue weighted by Gasteiger charge is 2.35. The normalized spacial score (nSPS) is 20.1. The van der Waals surface area contributed by atoms with Crippen LogP contribution in [-0.4, -0.2) is 54.7 Å². The van der Waals surface area contributed by atoms with Crippen molar-refractivity contribution in [2.75, 3.05) is 32.5 Å². The molecule has 1 amide bonds. The maximum atomic E-state index is 12.0. The molecule has 5 heteroatoms. The number of hydrogen-bond donors (Lipinski definition) is 1. The first-order valence-corrected chi connectivity index (χ1v) is 10.2. The molecule has 0 bridgehead atoms. The van der Waals surface area contributed by atoms with Crippen molar-refractivity contribution in [3.05, 3.63) is 65.7 Å². The van der Waals surface area contributed by atoms with Crippen molar-refractivity contribution >= 4 is 11.8 Å². The number of anilines is 1. The molecule has 3 rings (SSSR count). The van der Waals surface area contributed by atoms with E-state index in [-0.39, 0.29) is 0 Å². The van der Waals surface area contributed by atoms with Crippen LogP contribution in [0.2, 0.25) is 0 Å². The molecule has 156 valence electrons. The summed E-state index contributed by atoms with van der Waals surface area (Å²) < 4.78 is 5.33. The molecule has 2 aromatic carbocycles. The van der Waals surface area contributed by atoms with Gasteiger partial charge in [0, 0.05) is 37.3 Å². The van der Waals surface area contributed by atoms with Crippen molar-refractivity contribution in [3.63, 3.8) is 0 Å². The van der Waals surface area contributed by atoms with Crippen LogP contribution in [0.3, 0.4) is 0 Å². The molecule has 5 nitrogen and oxygen atoms in total. The number of rotatable bonds is 5. The molecule has 1 fully saturated rings. The SMILES string of the molecule is CN(C)[C@H]1CN(Cc2ccccc2)C[C@@H]1c1ccc(NC(=O)OC(C)(C)C)cc1. The standard InChI is InChI=1S/C24H33N3O2/c1-24(2,3)29-23(28)25-20-13-11-19(12-14-20)21-16-27(17-22(21)26(4)5)15-18-9-7-6-8-10-18/h6-14,21-22H,15-17H2,1-5H3,(H,25,28)/t21-,22+/m1/s1. The summed E-state index contributed by atoms with van der Waals surface area (Å²) in [6.07, 6.45) is -0.425. The zero-order chi connectivity index (χ0) is 21.0. The smallest absolute Gasteiger partial charge is 0.412 e. The maximum Gasteiger partial charge on any atom is 0.412 e. The number of likely N-dealkylation sites (N-methyl/N-ethyl adjacent to an activating group) is 1. The highest BCUT2D eigenvalue weighted by Crippen LogP contribution is 2.32. The van der Waals surface area contributed by atoms with Crippen molar-refractivity contribution < 1.29 is 9.53 Å². The Morgan fingerprint density at radius 1 is 1.07 bits per heavy atom. The van der Waals surface area contributed by atoms with Gasteiger partial charge in [0.15, 0.2) is 0 Å². The monoisotopic (exact) mass is 395 g/mol. The van der Waals surface area contributed by atoms with Gasteiger partial charge in [0.1, 0.15) is 5.60 Å². The van der Waals surface area contributed by atoms with Crippen LogP contribution in [0.25, 0.3) is 0 Å². The molecule has 0 aromatic heterocycles. The molecule has 1 heterocycles. The van der Waals surface area contributed by atoms with Gasteiger partial charge >= 0.3 is 6.09 Å². The summed E-state index contributed by atoms with van der Waals surface area (Å²) in [6, 6.07) is 19.3. The van der Waals surface area contributed by atoms with Crippen molar-refractivity contribution in [1.29, 1.82) is 0 Å². The van der Waals surface area contributed by atoms with E-state index in [4.69, 9.17) is 4.74 Å². The van der Waals surface area contributed by atoms with E-state index >= 15 is 0 Å². The molecule has 1 saturated heterocycles. The van der Waals surface area contributed by atoms with Crippen LogP contribution in [-0.2, 0) is 11.3 Å². The zero-order valence-electron chi connectivity index (χ0n) is 18.2. The third-order valence-electron chi connectivity index (χ3n) is 5.26. The molecule has 0 radical (unpaired) electrons. The first kappa shape index (κ1) is 21.3. The van der Waals surface area contributed by atoms with Gasteiger partial charge in [-0.05, 0) is 58.1 Å². The lowest BCUT2D eigenvalue weighted by Gasteiger charge is -2.25. The predicted molar refractivity (Wildman–Crippen MR) is 118 cm³/mol. The minimum atomic E-state index is -0.505. The van der Waals surface area contributed by atoms with E-state index < -0.39 is 11.7 Å². The molecule has 1 N–H and O–H groups in total. The third kappa shape index (κ3) is 6.05. The van der Waals surface area contributed by atoms with Gasteiger partial charge in [0.05, 0.1) is 0 Å². The molecular weight excluding hydrogens is 362 g/mol. The summed E-state index contributed by atoms with van der Waals surface area (Å²) in [5.41, 5.74) is 2.90. The second-order valence-electron chi connectivity index (χ2n) is 9.07. The third-order valence-corrected chi connectivity index (χ3v) is 5.26. The number of likely N-dealkylation sites (tertiary alicyclic amines) is 1. The zero-order valence-corrected chi connectivity index (χ0v) is 18.2. The maximum absolute atomic E-state index is 12.0. The Bertz CT molecular complexity index is 797. The molecule has 0 unspecified atom stereocenters. The Hall–Kier alpha value is -2.37. The van der Waals surface area contributed by atoms with Crippen molar-refractivity contribution in [3.8, 4) is 0 Å². The van der Waals surface area contributed by atoms with E-state index in [1.807, 2.05) is 32.9 Å². The number of carbonyl (C=O) groups excluding carboxylic acids is 1. The van der Waals surface area contributed by atoms with Gasteiger partial charge in [-0.1, -0.05) is 42.5 Å². The Morgan fingerprint density at radius 2 is 1.72 bits per heavy atom. The van der Waals surface area contributed by atoms with Gasteiger partial charge < -0.3 is 9.64 Å². The Balaban J connectivity index is 1.67. The summed E-state index contributed by atoms with van der Waals surface area (Å²) >= 11 is 0. The summed E-state index contributed by atoms with van der Waals surface area (Å²) in [7, 11) is 4.31. The Morgan fingerprint density at radius 3 is 2.31 bits per heavy atom. The number of hydrogen-bond acceptors (Lipinski definition) is 4. The van der Waals surface area contributed by atoms with E-state index in [0.717, 1.165) is 25.3 Å². The van der Waals surface area contributed by atoms with Gasteiger partial charge in [-0.15, -0.1) is 0 Å². The molecule has 1 aliphatic heterocycles. The van der Waals surface area contributed by atoms with Crippen LogP contribution in [0.4, 0.5) is 10.5 Å². The number of amides is 1. The highest BCUT2D eigenvalue weighted by molar-refractivity contribution is 5.84. The fourth-order valence-electron chi connectivity index (χ4n) is 3.92. The summed E-state index contributed by atoms with van der Waals surface area (Å²) in [4.78, 5) is 16.8. The quantitative estimate of drug-likeness (QED) is 0.806. The summed E-state index contributed by atoms with van der Waals surface area (Å²) in [6.45, 7) is 8.62. The minimum absolute atomic E-state index is 0.425. The van der Waals surface area contributed by atoms with E-state index in [9.17, 15) is 4.79 Å². The van der Waals surface area contributed by atoms with E-state index in [2.05, 4.69) is 71.7 Å². The van der Waals surface area contributed by atoms with Crippen LogP contribution < -0.4 is 5.32 Å². The minimum Gasteiger partial charge on any atom is -0.444 e. The lowest BCUT2D eigenvalue weighted by Crippen LogP contribution is -2.34. The molecule has 2 aromatic rings. The molecule has 1 aliphatic rings. The second-order valence-corrected chi connectivity index (χ2v) is 9.07. The van der Waals surface area contributed by atoms with E-state index in [0.29, 0.717) is 12.0 Å². The predicted octanol–water partition coefficient (Wildman–Crippen LogP) is 4.56. The van der Waals surface area contributed by atoms with Crippen LogP contribution >= 0.6 is 0 Å². The average molecular weight is 396 g/mol. The van der Waals surface area contributed by atoms with Gasteiger partial charge in [-0.25, -0.2) is 4.79 Å². The average Bonchev–Trinajstić information content (AvgIpc) is 3.05. The lowest BCUT2D eigenvalue weighted by molar-refractivity contribution is 0.0636. The molecule has 29 heavy (non-hydrogen) atoms. The van der Waals surface area contributed by atoms with Gasteiger partial charge in [0.25, 0.3) is 0 Å². The van der Waals surface area contributed by atoms with Gasteiger partial charge in [-0.2, -0.15) is 0 Å². The van der Waals surface area contributed by atoms with Crippen molar-refractivity contribution in [2.45, 2.75) is 44.9 Å². The lowest BCUT2D eigenvalue weighted by atomic mass is 9.93. The first-order valence-electron chi connectivity index (χ1n) is 10.2. The first-order chi connectivity index (χ1) is 13.7. The van der Waals surface area contributed by atoms with E-state index in [1.165, 1.54) is 11.1 Å². The van der Waals surface area contributed by atoms with Crippen molar-refractivity contribution in [1.82, 2.24) is 9.80 Å².